The molecular weight excluding hydrogens is 318 g/mol. The maximum Gasteiger partial charge on any atom is 0.193 e. The zero-order valence-electron chi connectivity index (χ0n) is 15.2. The van der Waals surface area contributed by atoms with Crippen molar-refractivity contribution < 1.29 is 14.2 Å². The van der Waals surface area contributed by atoms with Gasteiger partial charge in [0.15, 0.2) is 11.7 Å². The minimum atomic E-state index is -0.466. The Balaban J connectivity index is 1.49. The van der Waals surface area contributed by atoms with Crippen molar-refractivity contribution >= 4 is 11.6 Å². The molecule has 3 rings (SSSR count). The molecule has 0 aliphatic carbocycles. The summed E-state index contributed by atoms with van der Waals surface area (Å²) in [6.07, 6.45) is 2.65. The molecule has 25 heavy (non-hydrogen) atoms. The van der Waals surface area contributed by atoms with Gasteiger partial charge in [-0.25, -0.2) is 0 Å². The maximum atomic E-state index is 6.05. The van der Waals surface area contributed by atoms with Crippen molar-refractivity contribution in [1.82, 2.24) is 0 Å². The first kappa shape index (κ1) is 18.2. The zero-order chi connectivity index (χ0) is 17.7. The molecule has 2 aliphatic heterocycles. The highest BCUT2D eigenvalue weighted by Crippen LogP contribution is 2.33. The summed E-state index contributed by atoms with van der Waals surface area (Å²) in [5.41, 5.74) is 8.28. The second-order valence-corrected chi connectivity index (χ2v) is 6.86. The molecule has 2 heterocycles. The van der Waals surface area contributed by atoms with Crippen LogP contribution in [0.2, 0.25) is 0 Å². The Morgan fingerprint density at radius 3 is 2.72 bits per heavy atom. The summed E-state index contributed by atoms with van der Waals surface area (Å²) >= 11 is 0. The molecule has 0 amide bonds. The van der Waals surface area contributed by atoms with Gasteiger partial charge in [-0.1, -0.05) is 26.0 Å². The SMILES string of the molecule is CCC(C)c1ccc(NC(N)=NCC2COC3(CCOCC3)O2)cc1. The summed E-state index contributed by atoms with van der Waals surface area (Å²) in [4.78, 5) is 4.40. The van der Waals surface area contributed by atoms with Gasteiger partial charge >= 0.3 is 0 Å². The van der Waals surface area contributed by atoms with E-state index in [1.54, 1.807) is 0 Å². The van der Waals surface area contributed by atoms with E-state index in [4.69, 9.17) is 19.9 Å². The van der Waals surface area contributed by atoms with Crippen LogP contribution in [0.5, 0.6) is 0 Å². The van der Waals surface area contributed by atoms with Crippen LogP contribution in [0.25, 0.3) is 0 Å². The third-order valence-electron chi connectivity index (χ3n) is 5.00. The molecule has 0 aromatic heterocycles. The summed E-state index contributed by atoms with van der Waals surface area (Å²) in [7, 11) is 0. The predicted octanol–water partition coefficient (Wildman–Crippen LogP) is 2.85. The quantitative estimate of drug-likeness (QED) is 0.632. The minimum Gasteiger partial charge on any atom is -0.381 e. The lowest BCUT2D eigenvalue weighted by atomic mass is 9.99. The molecule has 2 saturated heterocycles. The van der Waals surface area contributed by atoms with E-state index in [2.05, 4.69) is 36.3 Å². The predicted molar refractivity (Wildman–Crippen MR) is 98.9 cm³/mol. The van der Waals surface area contributed by atoms with Crippen LogP contribution < -0.4 is 11.1 Å². The molecule has 0 saturated carbocycles. The second-order valence-electron chi connectivity index (χ2n) is 6.86. The lowest BCUT2D eigenvalue weighted by molar-refractivity contribution is -0.210. The fourth-order valence-corrected chi connectivity index (χ4v) is 3.17. The van der Waals surface area contributed by atoms with E-state index in [1.165, 1.54) is 5.56 Å². The summed E-state index contributed by atoms with van der Waals surface area (Å²) in [6.45, 7) is 6.85. The molecule has 138 valence electrons. The molecule has 1 aromatic rings. The van der Waals surface area contributed by atoms with Gasteiger partial charge in [-0.05, 0) is 30.0 Å². The number of hydrogen-bond donors (Lipinski definition) is 2. The number of anilines is 1. The highest BCUT2D eigenvalue weighted by molar-refractivity contribution is 5.92. The summed E-state index contributed by atoms with van der Waals surface area (Å²) in [5, 5.41) is 3.13. The average Bonchev–Trinajstić information content (AvgIpc) is 3.03. The van der Waals surface area contributed by atoms with E-state index < -0.39 is 5.79 Å². The van der Waals surface area contributed by atoms with Crippen LogP contribution in [0, 0.1) is 0 Å². The van der Waals surface area contributed by atoms with Gasteiger partial charge in [-0.2, -0.15) is 0 Å². The number of ether oxygens (including phenoxy) is 3. The van der Waals surface area contributed by atoms with E-state index in [1.807, 2.05) is 12.1 Å². The Morgan fingerprint density at radius 2 is 2.04 bits per heavy atom. The summed E-state index contributed by atoms with van der Waals surface area (Å²) < 4.78 is 17.3. The first-order chi connectivity index (χ1) is 12.1. The summed E-state index contributed by atoms with van der Waals surface area (Å²) in [5.74, 6) is 0.497. The fourth-order valence-electron chi connectivity index (χ4n) is 3.17. The van der Waals surface area contributed by atoms with Crippen LogP contribution in [-0.2, 0) is 14.2 Å². The van der Waals surface area contributed by atoms with Crippen LogP contribution in [0.1, 0.15) is 44.6 Å². The Hall–Kier alpha value is -1.63. The van der Waals surface area contributed by atoms with Crippen molar-refractivity contribution in [2.75, 3.05) is 31.7 Å². The van der Waals surface area contributed by atoms with Gasteiger partial charge in [0, 0.05) is 18.5 Å². The lowest BCUT2D eigenvalue weighted by Gasteiger charge is -2.31. The second kappa shape index (κ2) is 8.17. The number of nitrogens with one attached hydrogen (secondary N) is 1. The Bertz CT molecular complexity index is 582. The first-order valence-electron chi connectivity index (χ1n) is 9.16. The summed E-state index contributed by atoms with van der Waals surface area (Å²) in [6, 6.07) is 8.34. The normalized spacial score (nSPS) is 24.4. The molecule has 1 aromatic carbocycles. The lowest BCUT2D eigenvalue weighted by Crippen LogP contribution is -2.38. The number of aliphatic imine (C=N–C) groups is 1. The third kappa shape index (κ3) is 4.71. The first-order valence-corrected chi connectivity index (χ1v) is 9.16. The number of benzene rings is 1. The zero-order valence-corrected chi connectivity index (χ0v) is 15.2. The minimum absolute atomic E-state index is 0.0498. The monoisotopic (exact) mass is 347 g/mol. The Kier molecular flexibility index (Phi) is 5.93. The third-order valence-corrected chi connectivity index (χ3v) is 5.00. The number of nitrogens with two attached hydrogens (primary N) is 1. The van der Waals surface area contributed by atoms with Crippen molar-refractivity contribution in [3.8, 4) is 0 Å². The molecule has 1 spiro atoms. The molecular formula is C19H29N3O3. The van der Waals surface area contributed by atoms with E-state index in [0.717, 1.165) is 24.9 Å². The van der Waals surface area contributed by atoms with E-state index in [9.17, 15) is 0 Å². The molecule has 2 atom stereocenters. The highest BCUT2D eigenvalue weighted by atomic mass is 16.7. The van der Waals surface area contributed by atoms with Crippen molar-refractivity contribution in [3.63, 3.8) is 0 Å². The molecule has 0 bridgehead atoms. The molecule has 2 fully saturated rings. The van der Waals surface area contributed by atoms with Crippen LogP contribution in [0.3, 0.4) is 0 Å². The molecule has 2 unspecified atom stereocenters. The smallest absolute Gasteiger partial charge is 0.193 e. The van der Waals surface area contributed by atoms with Crippen molar-refractivity contribution in [1.29, 1.82) is 0 Å². The highest BCUT2D eigenvalue weighted by Gasteiger charge is 2.42. The van der Waals surface area contributed by atoms with Crippen LogP contribution >= 0.6 is 0 Å². The van der Waals surface area contributed by atoms with E-state index >= 15 is 0 Å². The molecule has 3 N–H and O–H groups in total. The van der Waals surface area contributed by atoms with Crippen molar-refractivity contribution in [3.05, 3.63) is 29.8 Å². The van der Waals surface area contributed by atoms with Gasteiger partial charge in [0.25, 0.3) is 0 Å². The number of rotatable bonds is 5. The largest absolute Gasteiger partial charge is 0.381 e. The van der Waals surface area contributed by atoms with Gasteiger partial charge in [0.05, 0.1) is 26.4 Å². The number of hydrogen-bond acceptors (Lipinski definition) is 4. The Labute approximate surface area is 149 Å². The maximum absolute atomic E-state index is 6.05. The van der Waals surface area contributed by atoms with Gasteiger partial charge in [-0.3, -0.25) is 4.99 Å². The fraction of sp³-hybridized carbons (Fsp3) is 0.632. The van der Waals surface area contributed by atoms with E-state index in [-0.39, 0.29) is 6.10 Å². The van der Waals surface area contributed by atoms with Crippen LogP contribution in [0.4, 0.5) is 5.69 Å². The number of guanidine groups is 1. The molecule has 6 heteroatoms. The molecule has 6 nitrogen and oxygen atoms in total. The van der Waals surface area contributed by atoms with Crippen molar-refractivity contribution in [2.24, 2.45) is 10.7 Å². The standard InChI is InChI=1S/C19H29N3O3/c1-3-14(2)15-4-6-16(7-5-15)22-18(20)21-12-17-13-24-19(25-17)8-10-23-11-9-19/h4-7,14,17H,3,8-13H2,1-2H3,(H3,20,21,22). The van der Waals surface area contributed by atoms with Crippen LogP contribution in [-0.4, -0.2) is 44.2 Å². The number of nitrogens with zero attached hydrogens (tertiary/aromatic N) is 1. The van der Waals surface area contributed by atoms with E-state index in [0.29, 0.717) is 38.2 Å². The topological polar surface area (TPSA) is 78.1 Å². The van der Waals surface area contributed by atoms with Gasteiger partial charge in [-0.15, -0.1) is 0 Å². The average molecular weight is 347 g/mol. The van der Waals surface area contributed by atoms with Gasteiger partial charge in [0.1, 0.15) is 6.10 Å². The van der Waals surface area contributed by atoms with Gasteiger partial charge < -0.3 is 25.3 Å². The molecule has 2 aliphatic rings. The van der Waals surface area contributed by atoms with Crippen molar-refractivity contribution in [2.45, 2.75) is 50.9 Å². The molecule has 0 radical (unpaired) electrons. The Morgan fingerprint density at radius 1 is 1.32 bits per heavy atom. The van der Waals surface area contributed by atoms with Crippen LogP contribution in [0.15, 0.2) is 29.3 Å². The van der Waals surface area contributed by atoms with Gasteiger partial charge in [0.2, 0.25) is 0 Å².